The van der Waals surface area contributed by atoms with E-state index in [2.05, 4.69) is 0 Å². The minimum absolute atomic E-state index is 0.0801. The van der Waals surface area contributed by atoms with Crippen LogP contribution in [0, 0.1) is 0 Å². The van der Waals surface area contributed by atoms with E-state index in [1.165, 1.54) is 6.07 Å². The summed E-state index contributed by atoms with van der Waals surface area (Å²) in [5.74, 6) is -1.08. The van der Waals surface area contributed by atoms with Gasteiger partial charge in [-0.15, -0.1) is 11.3 Å². The molecule has 0 radical (unpaired) electrons. The van der Waals surface area contributed by atoms with Gasteiger partial charge in [-0.25, -0.2) is 13.2 Å². The molecule has 0 saturated heterocycles. The SMILES string of the molecule is O=C(O[C@@H]1CCS(=O)(=O)c2sccc21)c1cccc(C(F)(F)F)c1. The quantitative estimate of drug-likeness (QED) is 0.747. The maximum atomic E-state index is 12.7. The summed E-state index contributed by atoms with van der Waals surface area (Å²) in [5.41, 5.74) is -0.791. The third kappa shape index (κ3) is 3.18. The smallest absolute Gasteiger partial charge is 0.416 e. The van der Waals surface area contributed by atoms with Gasteiger partial charge in [0.1, 0.15) is 10.3 Å². The monoisotopic (exact) mass is 376 g/mol. The van der Waals surface area contributed by atoms with Crippen LogP contribution in [0.25, 0.3) is 0 Å². The van der Waals surface area contributed by atoms with E-state index in [9.17, 15) is 26.4 Å². The van der Waals surface area contributed by atoms with Gasteiger partial charge in [0, 0.05) is 12.0 Å². The van der Waals surface area contributed by atoms with Gasteiger partial charge in [0.15, 0.2) is 9.84 Å². The summed E-state index contributed by atoms with van der Waals surface area (Å²) in [6, 6.07) is 5.49. The number of thiophene rings is 1. The van der Waals surface area contributed by atoms with Crippen LogP contribution in [-0.4, -0.2) is 20.1 Å². The normalized spacial score (nSPS) is 19.5. The van der Waals surface area contributed by atoms with Crippen molar-refractivity contribution < 1.29 is 31.1 Å². The van der Waals surface area contributed by atoms with Crippen LogP contribution in [-0.2, 0) is 20.8 Å². The molecule has 3 rings (SSSR count). The molecule has 0 bridgehead atoms. The van der Waals surface area contributed by atoms with E-state index in [1.54, 1.807) is 11.4 Å². The van der Waals surface area contributed by atoms with Crippen molar-refractivity contribution in [2.75, 3.05) is 5.75 Å². The molecule has 0 aliphatic carbocycles. The van der Waals surface area contributed by atoms with Crippen molar-refractivity contribution in [2.24, 2.45) is 0 Å². The molecule has 128 valence electrons. The van der Waals surface area contributed by atoms with E-state index in [0.29, 0.717) is 5.56 Å². The van der Waals surface area contributed by atoms with Gasteiger partial charge in [-0.05, 0) is 29.6 Å². The lowest BCUT2D eigenvalue weighted by Gasteiger charge is -2.22. The number of hydrogen-bond donors (Lipinski definition) is 0. The van der Waals surface area contributed by atoms with Crippen LogP contribution >= 0.6 is 11.3 Å². The molecule has 1 aliphatic heterocycles. The molecule has 2 aromatic rings. The third-order valence-corrected chi connectivity index (χ3v) is 6.96. The van der Waals surface area contributed by atoms with Crippen molar-refractivity contribution in [2.45, 2.75) is 22.9 Å². The van der Waals surface area contributed by atoms with Crippen LogP contribution in [0.5, 0.6) is 0 Å². The molecular formula is C15H11F3O4S2. The molecule has 1 aromatic carbocycles. The predicted molar refractivity (Wildman–Crippen MR) is 80.6 cm³/mol. The molecule has 0 amide bonds. The first-order chi connectivity index (χ1) is 11.2. The zero-order chi connectivity index (χ0) is 17.5. The Kier molecular flexibility index (Phi) is 4.16. The maximum Gasteiger partial charge on any atom is 0.416 e. The summed E-state index contributed by atoms with van der Waals surface area (Å²) >= 11 is 1.04. The minimum Gasteiger partial charge on any atom is -0.454 e. The Morgan fingerprint density at radius 2 is 2.00 bits per heavy atom. The number of alkyl halides is 3. The molecule has 0 spiro atoms. The number of esters is 1. The fourth-order valence-corrected chi connectivity index (χ4v) is 5.39. The van der Waals surface area contributed by atoms with Crippen molar-refractivity contribution in [3.05, 3.63) is 52.4 Å². The highest BCUT2D eigenvalue weighted by Gasteiger charge is 2.35. The zero-order valence-corrected chi connectivity index (χ0v) is 13.7. The van der Waals surface area contributed by atoms with E-state index < -0.39 is 33.7 Å². The van der Waals surface area contributed by atoms with Crippen LogP contribution in [0.1, 0.15) is 34.0 Å². The summed E-state index contributed by atoms with van der Waals surface area (Å²) < 4.78 is 67.4. The predicted octanol–water partition coefficient (Wildman–Crippen LogP) is 3.84. The summed E-state index contributed by atoms with van der Waals surface area (Å²) in [6.07, 6.45) is -5.26. The molecule has 1 aromatic heterocycles. The Bertz CT molecular complexity index is 884. The van der Waals surface area contributed by atoms with Gasteiger partial charge in [0.05, 0.1) is 16.9 Å². The van der Waals surface area contributed by atoms with Crippen molar-refractivity contribution in [3.63, 3.8) is 0 Å². The summed E-state index contributed by atoms with van der Waals surface area (Å²) in [4.78, 5) is 12.1. The second kappa shape index (κ2) is 5.89. The van der Waals surface area contributed by atoms with Crippen molar-refractivity contribution in [1.82, 2.24) is 0 Å². The fourth-order valence-electron chi connectivity index (χ4n) is 2.45. The highest BCUT2D eigenvalue weighted by Crippen LogP contribution is 2.38. The Hall–Kier alpha value is -1.87. The number of benzene rings is 1. The first kappa shape index (κ1) is 17.0. The standard InChI is InChI=1S/C15H11F3O4S2/c16-15(17,18)10-3-1-2-9(8-10)13(19)22-12-5-7-24(20,21)14-11(12)4-6-23-14/h1-4,6,8,12H,5,7H2/t12-/m1/s1. The molecule has 0 saturated carbocycles. The van der Waals surface area contributed by atoms with E-state index in [-0.39, 0.29) is 21.9 Å². The van der Waals surface area contributed by atoms with Crippen LogP contribution in [0.2, 0.25) is 0 Å². The molecule has 0 unspecified atom stereocenters. The number of carbonyl (C=O) groups is 1. The average molecular weight is 376 g/mol. The van der Waals surface area contributed by atoms with Crippen LogP contribution in [0.15, 0.2) is 39.9 Å². The number of sulfone groups is 1. The Labute approximate surface area is 139 Å². The second-order valence-electron chi connectivity index (χ2n) is 5.24. The van der Waals surface area contributed by atoms with Crippen LogP contribution in [0.3, 0.4) is 0 Å². The first-order valence-corrected chi connectivity index (χ1v) is 9.40. The Morgan fingerprint density at radius 1 is 1.25 bits per heavy atom. The lowest BCUT2D eigenvalue weighted by molar-refractivity contribution is -0.137. The van der Waals surface area contributed by atoms with Crippen molar-refractivity contribution in [1.29, 1.82) is 0 Å². The second-order valence-corrected chi connectivity index (χ2v) is 8.46. The van der Waals surface area contributed by atoms with Gasteiger partial charge in [-0.1, -0.05) is 6.07 Å². The van der Waals surface area contributed by atoms with Gasteiger partial charge in [0.2, 0.25) is 0 Å². The largest absolute Gasteiger partial charge is 0.454 e. The number of halogens is 3. The molecule has 9 heteroatoms. The average Bonchev–Trinajstić information content (AvgIpc) is 3.01. The Balaban J connectivity index is 1.84. The summed E-state index contributed by atoms with van der Waals surface area (Å²) in [7, 11) is -3.38. The third-order valence-electron chi connectivity index (χ3n) is 3.61. The highest BCUT2D eigenvalue weighted by atomic mass is 32.2. The molecule has 1 atom stereocenters. The number of carbonyl (C=O) groups excluding carboxylic acids is 1. The number of ether oxygens (including phenoxy) is 1. The van der Waals surface area contributed by atoms with Gasteiger partial charge in [-0.3, -0.25) is 0 Å². The molecule has 4 nitrogen and oxygen atoms in total. The fraction of sp³-hybridized carbons (Fsp3) is 0.267. The van der Waals surface area contributed by atoms with Crippen molar-refractivity contribution >= 4 is 27.1 Å². The molecular weight excluding hydrogens is 365 g/mol. The molecule has 2 heterocycles. The molecule has 24 heavy (non-hydrogen) atoms. The minimum atomic E-state index is -4.56. The lowest BCUT2D eigenvalue weighted by Crippen LogP contribution is -2.22. The van der Waals surface area contributed by atoms with Gasteiger partial charge in [0.25, 0.3) is 0 Å². The van der Waals surface area contributed by atoms with E-state index >= 15 is 0 Å². The van der Waals surface area contributed by atoms with Crippen LogP contribution in [0.4, 0.5) is 13.2 Å². The van der Waals surface area contributed by atoms with Gasteiger partial charge < -0.3 is 4.74 Å². The zero-order valence-electron chi connectivity index (χ0n) is 12.0. The van der Waals surface area contributed by atoms with Crippen molar-refractivity contribution in [3.8, 4) is 0 Å². The highest BCUT2D eigenvalue weighted by molar-refractivity contribution is 7.93. The molecule has 1 aliphatic rings. The lowest BCUT2D eigenvalue weighted by atomic mass is 10.1. The molecule has 0 N–H and O–H groups in total. The van der Waals surface area contributed by atoms with E-state index in [1.807, 2.05) is 0 Å². The Morgan fingerprint density at radius 3 is 2.71 bits per heavy atom. The maximum absolute atomic E-state index is 12.7. The number of hydrogen-bond acceptors (Lipinski definition) is 5. The number of rotatable bonds is 2. The number of fused-ring (bicyclic) bond motifs is 1. The van der Waals surface area contributed by atoms with E-state index in [0.717, 1.165) is 29.5 Å². The summed E-state index contributed by atoms with van der Waals surface area (Å²) in [5, 5.41) is 1.58. The van der Waals surface area contributed by atoms with Crippen LogP contribution < -0.4 is 0 Å². The van der Waals surface area contributed by atoms with Gasteiger partial charge in [-0.2, -0.15) is 13.2 Å². The van der Waals surface area contributed by atoms with Gasteiger partial charge >= 0.3 is 12.1 Å². The molecule has 0 fully saturated rings. The van der Waals surface area contributed by atoms with E-state index in [4.69, 9.17) is 4.74 Å². The summed E-state index contributed by atoms with van der Waals surface area (Å²) in [6.45, 7) is 0. The topological polar surface area (TPSA) is 60.4 Å². The first-order valence-electron chi connectivity index (χ1n) is 6.87.